The third kappa shape index (κ3) is 4.56. The molecule has 0 radical (unpaired) electrons. The zero-order valence-corrected chi connectivity index (χ0v) is 21.3. The third-order valence-electron chi connectivity index (χ3n) is 7.22. The summed E-state index contributed by atoms with van der Waals surface area (Å²) in [5.41, 5.74) is 6.28. The first-order valence-corrected chi connectivity index (χ1v) is 11.8. The second kappa shape index (κ2) is 8.86. The van der Waals surface area contributed by atoms with Crippen molar-refractivity contribution in [2.75, 3.05) is 19.5 Å². The normalized spacial score (nSPS) is 16.0. The van der Waals surface area contributed by atoms with Gasteiger partial charge in [-0.05, 0) is 77.1 Å². The Morgan fingerprint density at radius 1 is 0.941 bits per heavy atom. The van der Waals surface area contributed by atoms with Gasteiger partial charge >= 0.3 is 0 Å². The van der Waals surface area contributed by atoms with Crippen LogP contribution in [-0.4, -0.2) is 20.1 Å². The molecule has 0 aliphatic heterocycles. The van der Waals surface area contributed by atoms with Crippen LogP contribution in [-0.2, 0) is 17.3 Å². The number of hydrogen-bond donors (Lipinski definition) is 1. The van der Waals surface area contributed by atoms with Crippen LogP contribution in [0.4, 0.5) is 5.69 Å². The number of benzene rings is 2. The zero-order chi connectivity index (χ0) is 24.7. The molecule has 0 spiro atoms. The summed E-state index contributed by atoms with van der Waals surface area (Å²) in [6.45, 7) is 11.5. The summed E-state index contributed by atoms with van der Waals surface area (Å²) in [6, 6.07) is 13.6. The Bertz CT molecular complexity index is 1220. The molecule has 180 valence electrons. The number of furan rings is 1. The molecule has 5 heteroatoms. The van der Waals surface area contributed by atoms with Gasteiger partial charge in [0.25, 0.3) is 5.91 Å². The SMILES string of the molecule is COc1ccc(NC(=O)c2ccc(Cc3cc4c(cc3C)C(C)(C)CCC4(C)C)o2)c(OC)c1. The molecule has 0 unspecified atom stereocenters. The maximum atomic E-state index is 12.8. The Morgan fingerprint density at radius 2 is 1.62 bits per heavy atom. The predicted octanol–water partition coefficient (Wildman–Crippen LogP) is 6.80. The molecule has 1 aliphatic carbocycles. The van der Waals surface area contributed by atoms with Crippen molar-refractivity contribution < 1.29 is 18.7 Å². The minimum atomic E-state index is -0.320. The highest BCUT2D eigenvalue weighted by molar-refractivity contribution is 6.03. The van der Waals surface area contributed by atoms with Gasteiger partial charge in [0.05, 0.1) is 19.9 Å². The lowest BCUT2D eigenvalue weighted by Crippen LogP contribution is -2.34. The first-order chi connectivity index (χ1) is 16.0. The lowest BCUT2D eigenvalue weighted by atomic mass is 9.62. The number of carbonyl (C=O) groups is 1. The lowest BCUT2D eigenvalue weighted by molar-refractivity contribution is 0.0994. The second-order valence-corrected chi connectivity index (χ2v) is 10.6. The molecule has 1 aliphatic rings. The lowest BCUT2D eigenvalue weighted by Gasteiger charge is -2.42. The molecule has 1 aromatic heterocycles. The summed E-state index contributed by atoms with van der Waals surface area (Å²) in [5, 5.41) is 2.87. The number of methoxy groups -OCH3 is 2. The predicted molar refractivity (Wildman–Crippen MR) is 135 cm³/mol. The molecule has 0 saturated heterocycles. The highest BCUT2D eigenvalue weighted by Crippen LogP contribution is 2.46. The largest absolute Gasteiger partial charge is 0.497 e. The van der Waals surface area contributed by atoms with Crippen molar-refractivity contribution in [1.82, 2.24) is 0 Å². The molecule has 3 aromatic rings. The van der Waals surface area contributed by atoms with Gasteiger partial charge in [0.2, 0.25) is 0 Å². The van der Waals surface area contributed by atoms with Crippen LogP contribution in [0.2, 0.25) is 0 Å². The van der Waals surface area contributed by atoms with Gasteiger partial charge in [-0.25, -0.2) is 0 Å². The molecule has 0 saturated carbocycles. The molecule has 2 aromatic carbocycles. The summed E-state index contributed by atoms with van der Waals surface area (Å²) in [6.07, 6.45) is 3.02. The second-order valence-electron chi connectivity index (χ2n) is 10.6. The van der Waals surface area contributed by atoms with Crippen LogP contribution in [0.3, 0.4) is 0 Å². The van der Waals surface area contributed by atoms with Gasteiger partial charge in [-0.15, -0.1) is 0 Å². The van der Waals surface area contributed by atoms with E-state index < -0.39 is 0 Å². The van der Waals surface area contributed by atoms with E-state index in [0.717, 1.165) is 5.76 Å². The van der Waals surface area contributed by atoms with Crippen LogP contribution in [0.25, 0.3) is 0 Å². The molecular weight excluding hydrogens is 426 g/mol. The highest BCUT2D eigenvalue weighted by Gasteiger charge is 2.37. The van der Waals surface area contributed by atoms with E-state index in [4.69, 9.17) is 13.9 Å². The average Bonchev–Trinajstić information content (AvgIpc) is 3.27. The van der Waals surface area contributed by atoms with E-state index in [1.165, 1.54) is 35.1 Å². The first kappa shape index (κ1) is 23.9. The third-order valence-corrected chi connectivity index (χ3v) is 7.22. The van der Waals surface area contributed by atoms with Gasteiger partial charge < -0.3 is 19.2 Å². The number of carbonyl (C=O) groups excluding carboxylic acids is 1. The standard InChI is InChI=1S/C29H35NO4/c1-18-14-22-23(29(4,5)13-12-28(22,2)3)16-19(18)15-21-9-11-25(34-21)27(31)30-24-10-8-20(32-6)17-26(24)33-7/h8-11,14,16-17H,12-13,15H2,1-7H3,(H,30,31). The molecule has 1 N–H and O–H groups in total. The van der Waals surface area contributed by atoms with Crippen molar-refractivity contribution >= 4 is 11.6 Å². The van der Waals surface area contributed by atoms with Crippen molar-refractivity contribution in [3.63, 3.8) is 0 Å². The van der Waals surface area contributed by atoms with Crippen molar-refractivity contribution in [3.05, 3.63) is 76.2 Å². The Hall–Kier alpha value is -3.21. The van der Waals surface area contributed by atoms with Crippen LogP contribution in [0.1, 0.15) is 79.1 Å². The van der Waals surface area contributed by atoms with Crippen molar-refractivity contribution in [2.45, 2.75) is 64.7 Å². The van der Waals surface area contributed by atoms with Gasteiger partial charge in [-0.2, -0.15) is 0 Å². The summed E-state index contributed by atoms with van der Waals surface area (Å²) in [4.78, 5) is 12.8. The number of amides is 1. The van der Waals surface area contributed by atoms with E-state index in [2.05, 4.69) is 52.1 Å². The minimum Gasteiger partial charge on any atom is -0.497 e. The van der Waals surface area contributed by atoms with Crippen molar-refractivity contribution in [2.24, 2.45) is 0 Å². The number of fused-ring (bicyclic) bond motifs is 1. The fraction of sp³-hybridized carbons (Fsp3) is 0.414. The topological polar surface area (TPSA) is 60.7 Å². The molecule has 1 heterocycles. The number of hydrogen-bond acceptors (Lipinski definition) is 4. The number of nitrogens with one attached hydrogen (secondary N) is 1. The van der Waals surface area contributed by atoms with Gasteiger partial charge in [0.15, 0.2) is 5.76 Å². The number of anilines is 1. The fourth-order valence-electron chi connectivity index (χ4n) is 4.83. The Kier molecular flexibility index (Phi) is 6.24. The van der Waals surface area contributed by atoms with Gasteiger partial charge in [-0.1, -0.05) is 39.8 Å². The Morgan fingerprint density at radius 3 is 2.26 bits per heavy atom. The van der Waals surface area contributed by atoms with Crippen molar-refractivity contribution in [1.29, 1.82) is 0 Å². The van der Waals surface area contributed by atoms with Crippen LogP contribution in [0, 0.1) is 6.92 Å². The average molecular weight is 462 g/mol. The summed E-state index contributed by atoms with van der Waals surface area (Å²) in [7, 11) is 3.14. The van der Waals surface area contributed by atoms with E-state index in [-0.39, 0.29) is 22.5 Å². The summed E-state index contributed by atoms with van der Waals surface area (Å²) < 4.78 is 16.5. The summed E-state index contributed by atoms with van der Waals surface area (Å²) >= 11 is 0. The zero-order valence-electron chi connectivity index (χ0n) is 21.3. The van der Waals surface area contributed by atoms with Gasteiger partial charge in [0, 0.05) is 12.5 Å². The Labute approximate surface area is 202 Å². The molecule has 0 atom stereocenters. The monoisotopic (exact) mass is 461 g/mol. The smallest absolute Gasteiger partial charge is 0.291 e. The first-order valence-electron chi connectivity index (χ1n) is 11.8. The molecule has 4 rings (SSSR count). The van der Waals surface area contributed by atoms with Gasteiger partial charge in [-0.3, -0.25) is 4.79 Å². The molecule has 0 bridgehead atoms. The fourth-order valence-corrected chi connectivity index (χ4v) is 4.83. The summed E-state index contributed by atoms with van der Waals surface area (Å²) in [5.74, 6) is 1.89. The maximum Gasteiger partial charge on any atom is 0.291 e. The van der Waals surface area contributed by atoms with Crippen LogP contribution >= 0.6 is 0 Å². The molecule has 0 fully saturated rings. The number of aryl methyl sites for hydroxylation is 1. The van der Waals surface area contributed by atoms with Gasteiger partial charge in [0.1, 0.15) is 17.3 Å². The maximum absolute atomic E-state index is 12.8. The molecular formula is C29H35NO4. The molecule has 1 amide bonds. The molecule has 5 nitrogen and oxygen atoms in total. The minimum absolute atomic E-state index is 0.152. The van der Waals surface area contributed by atoms with E-state index in [1.807, 2.05) is 6.07 Å². The van der Waals surface area contributed by atoms with E-state index in [0.29, 0.717) is 23.6 Å². The van der Waals surface area contributed by atoms with Crippen LogP contribution < -0.4 is 14.8 Å². The number of ether oxygens (including phenoxy) is 2. The molecule has 34 heavy (non-hydrogen) atoms. The Balaban J connectivity index is 1.55. The quantitative estimate of drug-likeness (QED) is 0.439. The number of rotatable bonds is 6. The van der Waals surface area contributed by atoms with Crippen LogP contribution in [0.15, 0.2) is 46.9 Å². The highest BCUT2D eigenvalue weighted by atomic mass is 16.5. The van der Waals surface area contributed by atoms with E-state index >= 15 is 0 Å². The van der Waals surface area contributed by atoms with E-state index in [1.54, 1.807) is 38.5 Å². The van der Waals surface area contributed by atoms with Crippen LogP contribution in [0.5, 0.6) is 11.5 Å². The van der Waals surface area contributed by atoms with E-state index in [9.17, 15) is 4.79 Å². The van der Waals surface area contributed by atoms with Crippen molar-refractivity contribution in [3.8, 4) is 11.5 Å².